The van der Waals surface area contributed by atoms with Crippen LogP contribution in [0.4, 0.5) is 13.2 Å². The first-order chi connectivity index (χ1) is 25.2. The third-order valence-electron chi connectivity index (χ3n) is 8.45. The van der Waals surface area contributed by atoms with Crippen LogP contribution in [0, 0.1) is 0 Å². The molecule has 15 heteroatoms. The molecule has 3 atom stereocenters. The molecule has 0 fully saturated rings. The van der Waals surface area contributed by atoms with Crippen molar-refractivity contribution in [3.63, 3.8) is 0 Å². The summed E-state index contributed by atoms with van der Waals surface area (Å²) in [5, 5.41) is 2.31. The Hall–Kier alpha value is -3.75. The Balaban J connectivity index is 2.69. The van der Waals surface area contributed by atoms with Gasteiger partial charge >= 0.3 is 18.1 Å². The number of ether oxygens (including phenoxy) is 4. The van der Waals surface area contributed by atoms with Gasteiger partial charge in [-0.25, -0.2) is 4.79 Å². The number of halogens is 4. The van der Waals surface area contributed by atoms with E-state index in [1.807, 2.05) is 12.2 Å². The van der Waals surface area contributed by atoms with Crippen molar-refractivity contribution in [3.05, 3.63) is 59.2 Å². The highest BCUT2D eigenvalue weighted by molar-refractivity contribution is 6.26. The van der Waals surface area contributed by atoms with Crippen LogP contribution in [0.3, 0.4) is 0 Å². The van der Waals surface area contributed by atoms with Crippen LogP contribution >= 0.6 is 11.6 Å². The van der Waals surface area contributed by atoms with Gasteiger partial charge < -0.3 is 29.2 Å². The number of amides is 2. The van der Waals surface area contributed by atoms with E-state index in [9.17, 15) is 37.1 Å². The van der Waals surface area contributed by atoms with Crippen molar-refractivity contribution in [2.24, 2.45) is 0 Å². The first-order valence-corrected chi connectivity index (χ1v) is 18.1. The van der Waals surface area contributed by atoms with Crippen LogP contribution in [0.2, 0.25) is 0 Å². The van der Waals surface area contributed by atoms with Crippen molar-refractivity contribution in [1.29, 1.82) is 0 Å². The quantitative estimate of drug-likeness (QED) is 0.0471. The largest absolute Gasteiger partial charge is 0.469 e. The highest BCUT2D eigenvalue weighted by Gasteiger charge is 2.64. The van der Waals surface area contributed by atoms with Gasteiger partial charge in [0.25, 0.3) is 5.60 Å². The van der Waals surface area contributed by atoms with E-state index in [0.29, 0.717) is 19.1 Å². The number of ketones is 1. The highest BCUT2D eigenvalue weighted by Crippen LogP contribution is 2.43. The van der Waals surface area contributed by atoms with Crippen LogP contribution in [-0.4, -0.2) is 94.3 Å². The first kappa shape index (κ1) is 47.3. The summed E-state index contributed by atoms with van der Waals surface area (Å²) >= 11 is 5.93. The molecule has 298 valence electrons. The summed E-state index contributed by atoms with van der Waals surface area (Å²) in [6, 6.07) is 6.07. The van der Waals surface area contributed by atoms with Gasteiger partial charge in [0.15, 0.2) is 0 Å². The summed E-state index contributed by atoms with van der Waals surface area (Å²) in [5.41, 5.74) is -2.56. The van der Waals surface area contributed by atoms with E-state index < -0.39 is 66.5 Å². The van der Waals surface area contributed by atoms with Gasteiger partial charge in [-0.15, -0.1) is 0 Å². The number of unbranched alkanes of at least 4 members (excludes halogenated alkanes) is 4. The molecule has 53 heavy (non-hydrogen) atoms. The number of carbonyl (C=O) groups excluding carboxylic acids is 5. The number of allylic oxidation sites excluding steroid dienone is 1. The predicted octanol–water partition coefficient (Wildman–Crippen LogP) is 6.71. The number of esters is 2. The number of carbonyl (C=O) groups is 5. The summed E-state index contributed by atoms with van der Waals surface area (Å²) in [4.78, 5) is 64.5. The van der Waals surface area contributed by atoms with Gasteiger partial charge in [-0.2, -0.15) is 13.2 Å². The molecule has 0 aliphatic carbocycles. The lowest BCUT2D eigenvalue weighted by atomic mass is 9.92. The molecule has 0 bridgehead atoms. The van der Waals surface area contributed by atoms with E-state index in [2.05, 4.69) is 17.0 Å². The Morgan fingerprint density at radius 1 is 0.943 bits per heavy atom. The van der Waals surface area contributed by atoms with Crippen LogP contribution in [0.25, 0.3) is 0 Å². The van der Waals surface area contributed by atoms with E-state index in [1.165, 1.54) is 48.8 Å². The normalized spacial score (nSPS) is 14.2. The standard InChI is InChI=1S/C38H54ClF3N2O9/c1-6-7-8-9-14-19-31(50-3)20-15-11-16-21-34(47)44(2)27-28(25-39)22-30(45)23-33(46)43-26-32(24-35(48)51-4)53-36(49)37(52-5,38(40,41)42)29-17-12-10-13-18-29/h10-13,15,17-18,25,31-32H,6-9,14,16,19-24,26-27H2,1-5H3,(H,43,46)/b15-11+,28-25-/t31-,32+,37-/m0/s1. The van der Waals surface area contributed by atoms with E-state index >= 15 is 0 Å². The zero-order valence-corrected chi connectivity index (χ0v) is 32.1. The van der Waals surface area contributed by atoms with E-state index in [-0.39, 0.29) is 31.4 Å². The molecule has 1 rings (SSSR count). The molecule has 0 saturated carbocycles. The maximum atomic E-state index is 14.3. The average Bonchev–Trinajstić information content (AvgIpc) is 3.12. The van der Waals surface area contributed by atoms with Gasteiger partial charge in [0.1, 0.15) is 11.9 Å². The Bertz CT molecular complexity index is 1360. The zero-order chi connectivity index (χ0) is 39.9. The number of likely N-dealkylation sites (N-methyl/N-ethyl adjacent to an activating group) is 1. The first-order valence-electron chi connectivity index (χ1n) is 17.6. The van der Waals surface area contributed by atoms with Crippen LogP contribution < -0.4 is 5.32 Å². The fourth-order valence-electron chi connectivity index (χ4n) is 5.42. The number of Topliss-reactive ketones (excluding diaryl/α,β-unsaturated/α-hetero) is 1. The van der Waals surface area contributed by atoms with Crippen molar-refractivity contribution in [2.45, 2.75) is 108 Å². The Morgan fingerprint density at radius 3 is 2.21 bits per heavy atom. The summed E-state index contributed by atoms with van der Waals surface area (Å²) in [6.07, 6.45) is 4.10. The molecule has 0 heterocycles. The van der Waals surface area contributed by atoms with E-state index in [1.54, 1.807) is 14.2 Å². The monoisotopic (exact) mass is 774 g/mol. The number of nitrogens with one attached hydrogen (secondary N) is 1. The summed E-state index contributed by atoms with van der Waals surface area (Å²) in [7, 11) is 4.99. The predicted molar refractivity (Wildman–Crippen MR) is 194 cm³/mol. The lowest BCUT2D eigenvalue weighted by Crippen LogP contribution is -2.53. The number of rotatable bonds is 26. The molecule has 11 nitrogen and oxygen atoms in total. The number of benzene rings is 1. The van der Waals surface area contributed by atoms with Crippen molar-refractivity contribution in [3.8, 4) is 0 Å². The lowest BCUT2D eigenvalue weighted by Gasteiger charge is -2.33. The van der Waals surface area contributed by atoms with Crippen molar-refractivity contribution >= 4 is 41.1 Å². The molecule has 0 unspecified atom stereocenters. The fraction of sp³-hybridized carbons (Fsp3) is 0.605. The number of nitrogens with zero attached hydrogens (tertiary/aromatic N) is 1. The van der Waals surface area contributed by atoms with E-state index in [4.69, 9.17) is 25.8 Å². The third-order valence-corrected chi connectivity index (χ3v) is 8.76. The number of hydrogen-bond donors (Lipinski definition) is 1. The maximum Gasteiger partial charge on any atom is 0.432 e. The molecule has 0 aliphatic rings. The second kappa shape index (κ2) is 25.3. The van der Waals surface area contributed by atoms with Crippen LogP contribution in [-0.2, 0) is 48.5 Å². The molecular formula is C38H54ClF3N2O9. The minimum atomic E-state index is -5.27. The highest BCUT2D eigenvalue weighted by atomic mass is 35.5. The topological polar surface area (TPSA) is 138 Å². The van der Waals surface area contributed by atoms with Gasteiger partial charge in [-0.3, -0.25) is 19.2 Å². The molecule has 1 N–H and O–H groups in total. The van der Waals surface area contributed by atoms with Crippen LogP contribution in [0.5, 0.6) is 0 Å². The molecule has 0 spiro atoms. The summed E-state index contributed by atoms with van der Waals surface area (Å²) in [6.45, 7) is 1.61. The van der Waals surface area contributed by atoms with Gasteiger partial charge in [-0.05, 0) is 24.8 Å². The van der Waals surface area contributed by atoms with Gasteiger partial charge in [0, 0.05) is 51.8 Å². The number of hydrogen-bond acceptors (Lipinski definition) is 9. The Labute approximate surface area is 315 Å². The van der Waals surface area contributed by atoms with E-state index in [0.717, 1.165) is 44.0 Å². The fourth-order valence-corrected chi connectivity index (χ4v) is 5.57. The molecule has 1 aromatic carbocycles. The van der Waals surface area contributed by atoms with Crippen molar-refractivity contribution in [2.75, 3.05) is 41.5 Å². The molecule has 0 aromatic heterocycles. The van der Waals surface area contributed by atoms with Crippen LogP contribution in [0.15, 0.2) is 53.6 Å². The second-order valence-electron chi connectivity index (χ2n) is 12.6. The van der Waals surface area contributed by atoms with Crippen molar-refractivity contribution < 1.29 is 56.1 Å². The second-order valence-corrected chi connectivity index (χ2v) is 12.8. The minimum absolute atomic E-state index is 0.0439. The van der Waals surface area contributed by atoms with Gasteiger partial charge in [0.2, 0.25) is 11.8 Å². The Morgan fingerprint density at radius 2 is 1.62 bits per heavy atom. The smallest absolute Gasteiger partial charge is 0.432 e. The average molecular weight is 775 g/mol. The lowest BCUT2D eigenvalue weighted by molar-refractivity contribution is -0.278. The number of alkyl halides is 3. The zero-order valence-electron chi connectivity index (χ0n) is 31.3. The maximum absolute atomic E-state index is 14.3. The molecule has 0 radical (unpaired) electrons. The molecule has 0 saturated heterocycles. The molecule has 0 aliphatic heterocycles. The summed E-state index contributed by atoms with van der Waals surface area (Å²) < 4.78 is 62.9. The van der Waals surface area contributed by atoms with Crippen molar-refractivity contribution in [1.82, 2.24) is 10.2 Å². The third kappa shape index (κ3) is 16.9. The Kier molecular flexibility index (Phi) is 22.6. The van der Waals surface area contributed by atoms with Gasteiger partial charge in [0.05, 0.1) is 32.6 Å². The molecule has 2 amide bonds. The SMILES string of the molecule is CCCCCCC[C@@H](C/C=C/CCC(=O)N(C)C/C(=C\Cl)CC(=O)CC(=O)NC[C@@H](CC(=O)OC)OC(=O)[C@@](OC)(c1ccccc1)C(F)(F)F)OC. The van der Waals surface area contributed by atoms with Gasteiger partial charge in [-0.1, -0.05) is 93.1 Å². The molecular weight excluding hydrogens is 721 g/mol. The minimum Gasteiger partial charge on any atom is -0.469 e. The molecule has 1 aromatic rings. The number of methoxy groups -OCH3 is 3. The summed E-state index contributed by atoms with van der Waals surface area (Å²) in [5.74, 6) is -4.39. The van der Waals surface area contributed by atoms with Crippen LogP contribution in [0.1, 0.15) is 89.5 Å².